The van der Waals surface area contributed by atoms with Crippen LogP contribution >= 0.6 is 0 Å². The van der Waals surface area contributed by atoms with Crippen LogP contribution in [-0.4, -0.2) is 37.1 Å². The maximum absolute atomic E-state index is 13.4. The number of nitrogens with zero attached hydrogens (tertiary/aromatic N) is 3. The summed E-state index contributed by atoms with van der Waals surface area (Å²) in [7, 11) is 0. The Morgan fingerprint density at radius 2 is 1.57 bits per heavy atom. The lowest BCUT2D eigenvalue weighted by atomic mass is 10.1. The van der Waals surface area contributed by atoms with Crippen LogP contribution in [0.25, 0.3) is 10.9 Å². The number of rotatable bonds is 4. The average Bonchev–Trinajstić information content (AvgIpc) is 3.36. The van der Waals surface area contributed by atoms with Gasteiger partial charge in [-0.1, -0.05) is 24.3 Å². The molecule has 0 unspecified atom stereocenters. The van der Waals surface area contributed by atoms with Crippen LogP contribution in [0.2, 0.25) is 0 Å². The van der Waals surface area contributed by atoms with Crippen molar-refractivity contribution in [2.24, 2.45) is 0 Å². The van der Waals surface area contributed by atoms with E-state index in [2.05, 4.69) is 27.2 Å². The van der Waals surface area contributed by atoms with E-state index in [1.54, 1.807) is 0 Å². The quantitative estimate of drug-likeness (QED) is 0.435. The van der Waals surface area contributed by atoms with Crippen LogP contribution in [0.1, 0.15) is 27.9 Å². The summed E-state index contributed by atoms with van der Waals surface area (Å²) in [5.74, 6) is 0.466. The summed E-state index contributed by atoms with van der Waals surface area (Å²) in [4.78, 5) is 22.8. The molecule has 4 aromatic rings. The van der Waals surface area contributed by atoms with E-state index < -0.39 is 0 Å². The van der Waals surface area contributed by atoms with Gasteiger partial charge >= 0.3 is 0 Å². The zero-order chi connectivity index (χ0) is 23.8. The van der Waals surface area contributed by atoms with Crippen LogP contribution in [0.5, 0.6) is 0 Å². The molecule has 35 heavy (non-hydrogen) atoms. The molecule has 6 heteroatoms. The van der Waals surface area contributed by atoms with Gasteiger partial charge in [0.15, 0.2) is 0 Å². The van der Waals surface area contributed by atoms with Crippen LogP contribution in [0.3, 0.4) is 0 Å². The fourth-order valence-corrected chi connectivity index (χ4v) is 5.20. The summed E-state index contributed by atoms with van der Waals surface area (Å²) in [6.07, 6.45) is 3.38. The van der Waals surface area contributed by atoms with E-state index in [0.29, 0.717) is 5.56 Å². The zero-order valence-electron chi connectivity index (χ0n) is 19.5. The Balaban J connectivity index is 1.25. The van der Waals surface area contributed by atoms with Gasteiger partial charge in [0.1, 0.15) is 11.6 Å². The number of nitrogens with one attached hydrogen (secondary N) is 1. The first-order chi connectivity index (χ1) is 17.1. The van der Waals surface area contributed by atoms with Gasteiger partial charge in [0, 0.05) is 42.9 Å². The summed E-state index contributed by atoms with van der Waals surface area (Å²) in [6.45, 7) is 3.15. The Morgan fingerprint density at radius 3 is 2.40 bits per heavy atom. The van der Waals surface area contributed by atoms with Gasteiger partial charge in [-0.3, -0.25) is 4.79 Å². The number of hydrogen-bond acceptors (Lipinski definition) is 4. The first-order valence-corrected chi connectivity index (χ1v) is 12.2. The number of para-hydroxylation sites is 1. The lowest BCUT2D eigenvalue weighted by molar-refractivity contribution is 0.102. The molecular formula is C29H27FN4O. The smallest absolute Gasteiger partial charge is 0.256 e. The second-order valence-electron chi connectivity index (χ2n) is 9.29. The summed E-state index contributed by atoms with van der Waals surface area (Å²) >= 11 is 0. The molecule has 5 nitrogen and oxygen atoms in total. The molecule has 1 aliphatic carbocycles. The Hall–Kier alpha value is -3.93. The van der Waals surface area contributed by atoms with Crippen molar-refractivity contribution in [3.8, 4) is 0 Å². The molecule has 0 spiro atoms. The van der Waals surface area contributed by atoms with Crippen molar-refractivity contribution in [1.29, 1.82) is 0 Å². The number of carbonyl (C=O) groups is 1. The standard InChI is InChI=1S/C29H27FN4O/c30-22-9-12-24(13-10-22)33-14-16-34(17-15-33)28-19-26(25-6-1-2-7-27(25)32-28)29(35)31-23-11-8-20-4-3-5-21(20)18-23/h1-2,6-13,18-19H,3-5,14-17H2,(H,31,35). The lowest BCUT2D eigenvalue weighted by Gasteiger charge is -2.37. The van der Waals surface area contributed by atoms with E-state index in [4.69, 9.17) is 4.98 Å². The molecule has 2 heterocycles. The predicted octanol–water partition coefficient (Wildman–Crippen LogP) is 5.44. The van der Waals surface area contributed by atoms with E-state index in [9.17, 15) is 9.18 Å². The molecule has 0 bridgehead atoms. The van der Waals surface area contributed by atoms with E-state index >= 15 is 0 Å². The van der Waals surface area contributed by atoms with Crippen molar-refractivity contribution < 1.29 is 9.18 Å². The molecular weight excluding hydrogens is 439 g/mol. The Labute approximate surface area is 204 Å². The van der Waals surface area contributed by atoms with Gasteiger partial charge in [-0.15, -0.1) is 0 Å². The third kappa shape index (κ3) is 4.32. The highest BCUT2D eigenvalue weighted by atomic mass is 19.1. The Bertz CT molecular complexity index is 1390. The topological polar surface area (TPSA) is 48.5 Å². The molecule has 0 radical (unpaired) electrons. The zero-order valence-corrected chi connectivity index (χ0v) is 19.5. The van der Waals surface area contributed by atoms with Crippen LogP contribution < -0.4 is 15.1 Å². The molecule has 3 aromatic carbocycles. The first kappa shape index (κ1) is 21.6. The van der Waals surface area contributed by atoms with Crippen molar-refractivity contribution >= 4 is 34.0 Å². The third-order valence-electron chi connectivity index (χ3n) is 7.10. The van der Waals surface area contributed by atoms with Gasteiger partial charge in [-0.05, 0) is 78.9 Å². The van der Waals surface area contributed by atoms with Gasteiger partial charge < -0.3 is 15.1 Å². The Morgan fingerprint density at radius 1 is 0.829 bits per heavy atom. The number of aromatic nitrogens is 1. The van der Waals surface area contributed by atoms with Crippen molar-refractivity contribution in [1.82, 2.24) is 4.98 Å². The van der Waals surface area contributed by atoms with E-state index in [1.165, 1.54) is 29.7 Å². The van der Waals surface area contributed by atoms with Gasteiger partial charge in [0.25, 0.3) is 5.91 Å². The maximum atomic E-state index is 13.4. The molecule has 1 amide bonds. The highest BCUT2D eigenvalue weighted by Gasteiger charge is 2.22. The summed E-state index contributed by atoms with van der Waals surface area (Å²) < 4.78 is 13.3. The van der Waals surface area contributed by atoms with Gasteiger partial charge in [-0.2, -0.15) is 0 Å². The number of fused-ring (bicyclic) bond motifs is 2. The number of halogens is 1. The normalized spacial score (nSPS) is 15.3. The first-order valence-electron chi connectivity index (χ1n) is 12.2. The van der Waals surface area contributed by atoms with Crippen LogP contribution in [-0.2, 0) is 12.8 Å². The maximum Gasteiger partial charge on any atom is 0.256 e. The number of carbonyl (C=O) groups excluding carboxylic acids is 1. The summed E-state index contributed by atoms with van der Waals surface area (Å²) in [5, 5.41) is 3.97. The second kappa shape index (κ2) is 9.02. The monoisotopic (exact) mass is 466 g/mol. The number of amides is 1. The van der Waals surface area contributed by atoms with Gasteiger partial charge in [-0.25, -0.2) is 9.37 Å². The SMILES string of the molecule is O=C(Nc1ccc2c(c1)CCC2)c1cc(N2CCN(c3ccc(F)cc3)CC2)nc2ccccc12. The number of hydrogen-bond donors (Lipinski definition) is 1. The lowest BCUT2D eigenvalue weighted by Crippen LogP contribution is -2.46. The molecule has 0 atom stereocenters. The highest BCUT2D eigenvalue weighted by Crippen LogP contribution is 2.28. The molecule has 0 saturated carbocycles. The average molecular weight is 467 g/mol. The summed E-state index contributed by atoms with van der Waals surface area (Å²) in [6, 6.07) is 22.6. The minimum absolute atomic E-state index is 0.118. The molecule has 1 fully saturated rings. The van der Waals surface area contributed by atoms with Crippen molar-refractivity contribution in [3.05, 3.63) is 95.3 Å². The van der Waals surface area contributed by atoms with Crippen molar-refractivity contribution in [2.75, 3.05) is 41.3 Å². The van der Waals surface area contributed by atoms with E-state index in [1.807, 2.05) is 48.5 Å². The van der Waals surface area contributed by atoms with Gasteiger partial charge in [0.05, 0.1) is 11.1 Å². The van der Waals surface area contributed by atoms with E-state index in [0.717, 1.165) is 67.1 Å². The largest absolute Gasteiger partial charge is 0.368 e. The molecule has 1 N–H and O–H groups in total. The molecule has 1 aromatic heterocycles. The Kier molecular flexibility index (Phi) is 5.57. The number of benzene rings is 3. The fraction of sp³-hybridized carbons (Fsp3) is 0.241. The van der Waals surface area contributed by atoms with Crippen molar-refractivity contribution in [2.45, 2.75) is 19.3 Å². The van der Waals surface area contributed by atoms with Crippen LogP contribution in [0.15, 0.2) is 72.8 Å². The molecule has 1 saturated heterocycles. The minimum atomic E-state index is -0.224. The minimum Gasteiger partial charge on any atom is -0.368 e. The van der Waals surface area contributed by atoms with Crippen molar-refractivity contribution in [3.63, 3.8) is 0 Å². The molecule has 6 rings (SSSR count). The van der Waals surface area contributed by atoms with Crippen LogP contribution in [0.4, 0.5) is 21.6 Å². The number of anilines is 3. The molecule has 1 aliphatic heterocycles. The third-order valence-corrected chi connectivity index (χ3v) is 7.10. The number of piperazine rings is 1. The number of aryl methyl sites for hydroxylation is 2. The molecule has 2 aliphatic rings. The van der Waals surface area contributed by atoms with Crippen LogP contribution in [0, 0.1) is 5.82 Å². The number of pyridine rings is 1. The fourth-order valence-electron chi connectivity index (χ4n) is 5.20. The second-order valence-corrected chi connectivity index (χ2v) is 9.29. The predicted molar refractivity (Wildman–Crippen MR) is 139 cm³/mol. The van der Waals surface area contributed by atoms with E-state index in [-0.39, 0.29) is 11.7 Å². The van der Waals surface area contributed by atoms with Gasteiger partial charge in [0.2, 0.25) is 0 Å². The molecule has 176 valence electrons. The summed E-state index contributed by atoms with van der Waals surface area (Å²) in [5.41, 5.74) is 6.02. The highest BCUT2D eigenvalue weighted by molar-refractivity contribution is 6.13.